The summed E-state index contributed by atoms with van der Waals surface area (Å²) in [6.45, 7) is 0. The van der Waals surface area contributed by atoms with Gasteiger partial charge >= 0.3 is 5.97 Å². The van der Waals surface area contributed by atoms with Gasteiger partial charge < -0.3 is 5.11 Å². The van der Waals surface area contributed by atoms with Crippen molar-refractivity contribution in [2.75, 3.05) is 0 Å². The Labute approximate surface area is 143 Å². The molecule has 2 atom stereocenters. The van der Waals surface area contributed by atoms with Crippen molar-refractivity contribution < 1.29 is 14.3 Å². The van der Waals surface area contributed by atoms with Crippen molar-refractivity contribution in [2.45, 2.75) is 9.65 Å². The van der Waals surface area contributed by atoms with Crippen molar-refractivity contribution >= 4 is 59.4 Å². The van der Waals surface area contributed by atoms with Crippen LogP contribution >= 0.6 is 31.9 Å². The smallest absolute Gasteiger partial charge is 0.318 e. The molecule has 3 rings (SSSR count). The minimum absolute atomic E-state index is 0.257. The maximum atomic E-state index is 13.3. The van der Waals surface area contributed by atoms with Crippen molar-refractivity contribution in [1.82, 2.24) is 0 Å². The van der Waals surface area contributed by atoms with Gasteiger partial charge in [-0.15, -0.1) is 0 Å². The van der Waals surface area contributed by atoms with Gasteiger partial charge in [0.15, 0.2) is 0 Å². The van der Waals surface area contributed by atoms with Crippen LogP contribution in [0.15, 0.2) is 48.5 Å². The van der Waals surface area contributed by atoms with Crippen molar-refractivity contribution in [2.24, 2.45) is 0 Å². The number of halogens is 3. The lowest BCUT2D eigenvalue weighted by Gasteiger charge is -2.14. The van der Waals surface area contributed by atoms with E-state index in [9.17, 15) is 9.18 Å². The lowest BCUT2D eigenvalue weighted by Crippen LogP contribution is -2.17. The van der Waals surface area contributed by atoms with Crippen molar-refractivity contribution in [3.8, 4) is 0 Å². The van der Waals surface area contributed by atoms with Gasteiger partial charge in [0.2, 0.25) is 0 Å². The number of carboxylic acids is 1. The molecule has 3 aromatic rings. The maximum Gasteiger partial charge on any atom is 0.318 e. The molecule has 2 unspecified atom stereocenters. The molecule has 0 amide bonds. The average molecular weight is 426 g/mol. The van der Waals surface area contributed by atoms with Gasteiger partial charge in [-0.2, -0.15) is 0 Å². The molecule has 0 heterocycles. The lowest BCUT2D eigenvalue weighted by molar-refractivity contribution is -0.136. The Balaban J connectivity index is 2.13. The summed E-state index contributed by atoms with van der Waals surface area (Å²) in [6.07, 6.45) is 0. The van der Waals surface area contributed by atoms with Gasteiger partial charge in [-0.25, -0.2) is 4.39 Å². The van der Waals surface area contributed by atoms with Crippen molar-refractivity contribution in [1.29, 1.82) is 0 Å². The summed E-state index contributed by atoms with van der Waals surface area (Å²) >= 11 is 6.59. The molecule has 112 valence electrons. The third-order valence-corrected chi connectivity index (χ3v) is 6.32. The van der Waals surface area contributed by atoms with Gasteiger partial charge in [-0.1, -0.05) is 62.2 Å². The molecule has 0 saturated carbocycles. The molecule has 0 fully saturated rings. The normalized spacial score (nSPS) is 14.1. The molecule has 0 aliphatic carbocycles. The number of hydrogen-bond donors (Lipinski definition) is 1. The molecule has 0 aromatic heterocycles. The highest BCUT2D eigenvalue weighted by atomic mass is 79.9. The zero-order valence-corrected chi connectivity index (χ0v) is 14.4. The van der Waals surface area contributed by atoms with E-state index in [0.717, 1.165) is 27.1 Å². The number of carbonyl (C=O) groups is 1. The summed E-state index contributed by atoms with van der Waals surface area (Å²) in [5, 5.41) is 12.9. The molecule has 0 spiro atoms. The number of hydrogen-bond acceptors (Lipinski definition) is 1. The summed E-state index contributed by atoms with van der Waals surface area (Å²) in [5.74, 6) is -1.18. The predicted octanol–water partition coefficient (Wildman–Crippen LogP) is 5.42. The molecule has 5 heteroatoms. The molecular formula is C17H11Br2FO2. The average Bonchev–Trinajstić information content (AvgIpc) is 2.52. The van der Waals surface area contributed by atoms with Gasteiger partial charge in [-0.3, -0.25) is 4.79 Å². The van der Waals surface area contributed by atoms with E-state index >= 15 is 0 Å². The zero-order chi connectivity index (χ0) is 15.9. The SMILES string of the molecule is O=C(O)C(Br)C(Br)c1ccc2c(ccc3cc(F)ccc32)c1. The third kappa shape index (κ3) is 2.75. The van der Waals surface area contributed by atoms with E-state index in [1.165, 1.54) is 12.1 Å². The number of aliphatic carboxylic acids is 1. The van der Waals surface area contributed by atoms with Crippen LogP contribution in [0.4, 0.5) is 4.39 Å². The first-order valence-electron chi connectivity index (χ1n) is 6.60. The standard InChI is InChI=1S/C17H11Br2FO2/c18-15(16(19)17(21)22)11-3-5-13-9(7-11)1-2-10-8-12(20)4-6-14(10)13/h1-8,15-16H,(H,21,22). The summed E-state index contributed by atoms with van der Waals surface area (Å²) in [6, 6.07) is 14.3. The topological polar surface area (TPSA) is 37.3 Å². The molecule has 22 heavy (non-hydrogen) atoms. The van der Waals surface area contributed by atoms with E-state index in [0.29, 0.717) is 0 Å². The first-order chi connectivity index (χ1) is 10.5. The Morgan fingerprint density at radius 2 is 1.55 bits per heavy atom. The first kappa shape index (κ1) is 15.4. The Hall–Kier alpha value is -1.46. The van der Waals surface area contributed by atoms with Crippen molar-refractivity contribution in [3.63, 3.8) is 0 Å². The van der Waals surface area contributed by atoms with Crippen LogP contribution in [0.25, 0.3) is 21.5 Å². The van der Waals surface area contributed by atoms with Gasteiger partial charge in [0.1, 0.15) is 10.6 Å². The van der Waals surface area contributed by atoms with Crippen LogP contribution in [0, 0.1) is 5.82 Å². The van der Waals surface area contributed by atoms with E-state index in [2.05, 4.69) is 31.9 Å². The second kappa shape index (κ2) is 5.97. The Morgan fingerprint density at radius 1 is 0.955 bits per heavy atom. The van der Waals surface area contributed by atoms with E-state index in [4.69, 9.17) is 5.11 Å². The maximum absolute atomic E-state index is 13.3. The lowest BCUT2D eigenvalue weighted by atomic mass is 9.98. The molecular weight excluding hydrogens is 415 g/mol. The van der Waals surface area contributed by atoms with Gasteiger partial charge in [0.25, 0.3) is 0 Å². The van der Waals surface area contributed by atoms with E-state index in [-0.39, 0.29) is 10.6 Å². The van der Waals surface area contributed by atoms with E-state index in [1.807, 2.05) is 30.3 Å². The molecule has 3 aromatic carbocycles. The second-order valence-corrected chi connectivity index (χ2v) is 7.03. The molecule has 0 radical (unpaired) electrons. The summed E-state index contributed by atoms with van der Waals surface area (Å²) in [5.41, 5.74) is 0.873. The highest BCUT2D eigenvalue weighted by Gasteiger charge is 2.24. The Morgan fingerprint density at radius 3 is 2.18 bits per heavy atom. The van der Waals surface area contributed by atoms with Crippen LogP contribution in [-0.2, 0) is 4.79 Å². The Bertz CT molecular complexity index is 879. The third-order valence-electron chi connectivity index (χ3n) is 3.63. The highest BCUT2D eigenvalue weighted by Crippen LogP contribution is 2.34. The fourth-order valence-corrected chi connectivity index (χ4v) is 3.34. The number of benzene rings is 3. The number of rotatable bonds is 3. The molecule has 2 nitrogen and oxygen atoms in total. The second-order valence-electron chi connectivity index (χ2n) is 5.05. The van der Waals surface area contributed by atoms with Gasteiger partial charge in [0, 0.05) is 0 Å². The number of alkyl halides is 2. The van der Waals surface area contributed by atoms with Gasteiger partial charge in [-0.05, 0) is 45.3 Å². The van der Waals surface area contributed by atoms with E-state index < -0.39 is 10.8 Å². The molecule has 0 bridgehead atoms. The fourth-order valence-electron chi connectivity index (χ4n) is 2.53. The number of fused-ring (bicyclic) bond motifs is 3. The predicted molar refractivity (Wildman–Crippen MR) is 93.4 cm³/mol. The van der Waals surface area contributed by atoms with Crippen LogP contribution in [0.1, 0.15) is 10.4 Å². The summed E-state index contributed by atoms with van der Waals surface area (Å²) in [7, 11) is 0. The summed E-state index contributed by atoms with van der Waals surface area (Å²) in [4.78, 5) is 10.0. The van der Waals surface area contributed by atoms with Crippen molar-refractivity contribution in [3.05, 3.63) is 59.9 Å². The number of carboxylic acid groups (broad SMARTS) is 1. The van der Waals surface area contributed by atoms with E-state index in [1.54, 1.807) is 6.07 Å². The largest absolute Gasteiger partial charge is 0.480 e. The van der Waals surface area contributed by atoms with Crippen LogP contribution < -0.4 is 0 Å². The fraction of sp³-hybridized carbons (Fsp3) is 0.118. The zero-order valence-electron chi connectivity index (χ0n) is 11.3. The molecule has 0 aliphatic rings. The molecule has 0 saturated heterocycles. The Kier molecular flexibility index (Phi) is 4.19. The molecule has 0 aliphatic heterocycles. The minimum Gasteiger partial charge on any atom is -0.480 e. The molecule has 1 N–H and O–H groups in total. The highest BCUT2D eigenvalue weighted by molar-refractivity contribution is 9.12. The minimum atomic E-state index is -0.920. The van der Waals surface area contributed by atoms with Crippen LogP contribution in [0.5, 0.6) is 0 Å². The monoisotopic (exact) mass is 424 g/mol. The van der Waals surface area contributed by atoms with Crippen LogP contribution in [0.2, 0.25) is 0 Å². The van der Waals surface area contributed by atoms with Gasteiger partial charge in [0.05, 0.1) is 4.83 Å². The summed E-state index contributed by atoms with van der Waals surface area (Å²) < 4.78 is 13.3. The first-order valence-corrected chi connectivity index (χ1v) is 8.43. The quantitative estimate of drug-likeness (QED) is 0.449. The van der Waals surface area contributed by atoms with Crippen LogP contribution in [0.3, 0.4) is 0 Å². The van der Waals surface area contributed by atoms with Crippen LogP contribution in [-0.4, -0.2) is 15.9 Å².